The van der Waals surface area contributed by atoms with Crippen molar-refractivity contribution in [3.05, 3.63) is 59.8 Å². The number of rotatable bonds is 6. The average Bonchev–Trinajstić information content (AvgIpc) is 2.68. The number of halogens is 3. The Balaban J connectivity index is 2.19. The van der Waals surface area contributed by atoms with Crippen LogP contribution in [0.3, 0.4) is 0 Å². The first kappa shape index (κ1) is 20.6. The SMILES string of the molecule is COc1ccc(OC)c(NC(=O)/C(C#N)=C\Nc2cccc(C(F)(F)F)c2)c1. The Hall–Kier alpha value is -3.67. The molecule has 0 atom stereocenters. The number of alkyl halides is 3. The number of hydrogen-bond donors (Lipinski definition) is 2. The van der Waals surface area contributed by atoms with Crippen molar-refractivity contribution in [2.24, 2.45) is 0 Å². The lowest BCUT2D eigenvalue weighted by Gasteiger charge is -2.12. The van der Waals surface area contributed by atoms with E-state index >= 15 is 0 Å². The molecule has 0 saturated carbocycles. The van der Waals surface area contributed by atoms with Gasteiger partial charge in [-0.15, -0.1) is 0 Å². The molecular formula is C19H16F3N3O3. The summed E-state index contributed by atoms with van der Waals surface area (Å²) in [4.78, 5) is 12.3. The van der Waals surface area contributed by atoms with Gasteiger partial charge >= 0.3 is 6.18 Å². The maximum absolute atomic E-state index is 12.8. The number of nitrogens with zero attached hydrogens (tertiary/aromatic N) is 1. The molecule has 1 amide bonds. The normalized spacial score (nSPS) is 11.4. The maximum Gasteiger partial charge on any atom is 0.416 e. The fraction of sp³-hybridized carbons (Fsp3) is 0.158. The zero-order valence-corrected chi connectivity index (χ0v) is 14.9. The molecule has 2 rings (SSSR count). The Morgan fingerprint density at radius 1 is 1.14 bits per heavy atom. The second-order valence-electron chi connectivity index (χ2n) is 5.41. The van der Waals surface area contributed by atoms with Gasteiger partial charge in [-0.1, -0.05) is 6.07 Å². The fourth-order valence-electron chi connectivity index (χ4n) is 2.19. The minimum Gasteiger partial charge on any atom is -0.497 e. The summed E-state index contributed by atoms with van der Waals surface area (Å²) in [7, 11) is 2.86. The number of carbonyl (C=O) groups excluding carboxylic acids is 1. The van der Waals surface area contributed by atoms with Gasteiger partial charge in [0.1, 0.15) is 23.1 Å². The fourth-order valence-corrected chi connectivity index (χ4v) is 2.19. The van der Waals surface area contributed by atoms with Crippen LogP contribution in [-0.4, -0.2) is 20.1 Å². The van der Waals surface area contributed by atoms with E-state index in [9.17, 15) is 23.2 Å². The van der Waals surface area contributed by atoms with Gasteiger partial charge in [-0.2, -0.15) is 18.4 Å². The lowest BCUT2D eigenvalue weighted by molar-refractivity contribution is -0.137. The standard InChI is InChI=1S/C19H16F3N3O3/c1-27-15-6-7-17(28-2)16(9-15)25-18(26)12(10-23)11-24-14-5-3-4-13(8-14)19(20,21)22/h3-9,11,24H,1-2H3,(H,25,26)/b12-11-. The molecule has 0 heterocycles. The van der Waals surface area contributed by atoms with E-state index in [1.807, 2.05) is 0 Å². The van der Waals surface area contributed by atoms with E-state index in [1.165, 1.54) is 32.4 Å². The molecule has 0 aliphatic rings. The van der Waals surface area contributed by atoms with E-state index in [2.05, 4.69) is 10.6 Å². The van der Waals surface area contributed by atoms with Crippen LogP contribution >= 0.6 is 0 Å². The Labute approximate surface area is 159 Å². The second kappa shape index (κ2) is 8.81. The molecule has 28 heavy (non-hydrogen) atoms. The number of anilines is 2. The molecule has 0 aliphatic carbocycles. The molecular weight excluding hydrogens is 375 g/mol. The highest BCUT2D eigenvalue weighted by Gasteiger charge is 2.30. The minimum atomic E-state index is -4.50. The van der Waals surface area contributed by atoms with E-state index in [0.717, 1.165) is 18.3 Å². The summed E-state index contributed by atoms with van der Waals surface area (Å²) in [6.07, 6.45) is -3.47. The summed E-state index contributed by atoms with van der Waals surface area (Å²) in [5.74, 6) is 0.0338. The predicted octanol–water partition coefficient (Wildman–Crippen LogP) is 4.18. The van der Waals surface area contributed by atoms with Crippen molar-refractivity contribution in [3.63, 3.8) is 0 Å². The summed E-state index contributed by atoms with van der Waals surface area (Å²) < 4.78 is 48.5. The van der Waals surface area contributed by atoms with Crippen LogP contribution in [0, 0.1) is 11.3 Å². The molecule has 2 aromatic carbocycles. The Kier molecular flexibility index (Phi) is 6.50. The van der Waals surface area contributed by atoms with Crippen molar-refractivity contribution >= 4 is 17.3 Å². The van der Waals surface area contributed by atoms with Gasteiger partial charge in [0.05, 0.1) is 25.5 Å². The van der Waals surface area contributed by atoms with Crippen LogP contribution < -0.4 is 20.1 Å². The first-order valence-electron chi connectivity index (χ1n) is 7.86. The number of amides is 1. The van der Waals surface area contributed by atoms with Crippen molar-refractivity contribution in [2.75, 3.05) is 24.9 Å². The van der Waals surface area contributed by atoms with E-state index in [0.29, 0.717) is 11.5 Å². The second-order valence-corrected chi connectivity index (χ2v) is 5.41. The highest BCUT2D eigenvalue weighted by molar-refractivity contribution is 6.07. The van der Waals surface area contributed by atoms with Crippen LogP contribution in [0.5, 0.6) is 11.5 Å². The topological polar surface area (TPSA) is 83.4 Å². The number of benzene rings is 2. The molecule has 0 saturated heterocycles. The van der Waals surface area contributed by atoms with Gasteiger partial charge < -0.3 is 20.1 Å². The molecule has 0 aliphatic heterocycles. The van der Waals surface area contributed by atoms with Gasteiger partial charge in [0.25, 0.3) is 5.91 Å². The summed E-state index contributed by atoms with van der Waals surface area (Å²) in [6, 6.07) is 10.8. The Morgan fingerprint density at radius 3 is 2.50 bits per heavy atom. The van der Waals surface area contributed by atoms with Crippen molar-refractivity contribution in [3.8, 4) is 17.6 Å². The summed E-state index contributed by atoms with van der Waals surface area (Å²) in [5, 5.41) is 14.2. The first-order valence-corrected chi connectivity index (χ1v) is 7.86. The van der Waals surface area contributed by atoms with Gasteiger partial charge in [0.15, 0.2) is 0 Å². The van der Waals surface area contributed by atoms with E-state index in [4.69, 9.17) is 9.47 Å². The van der Waals surface area contributed by atoms with Gasteiger partial charge in [-0.3, -0.25) is 4.79 Å². The molecule has 2 aromatic rings. The Bertz CT molecular complexity index is 934. The van der Waals surface area contributed by atoms with E-state index in [1.54, 1.807) is 18.2 Å². The zero-order valence-electron chi connectivity index (χ0n) is 14.9. The lowest BCUT2D eigenvalue weighted by Crippen LogP contribution is -2.15. The van der Waals surface area contributed by atoms with Crippen LogP contribution in [0.15, 0.2) is 54.2 Å². The highest BCUT2D eigenvalue weighted by Crippen LogP contribution is 2.31. The largest absolute Gasteiger partial charge is 0.497 e. The quantitative estimate of drug-likeness (QED) is 0.570. The third-order valence-corrected chi connectivity index (χ3v) is 3.59. The lowest BCUT2D eigenvalue weighted by atomic mass is 10.2. The van der Waals surface area contributed by atoms with Crippen molar-refractivity contribution in [2.45, 2.75) is 6.18 Å². The average molecular weight is 391 g/mol. The molecule has 0 fully saturated rings. The highest BCUT2D eigenvalue weighted by atomic mass is 19.4. The van der Waals surface area contributed by atoms with Gasteiger partial charge in [0, 0.05) is 18.0 Å². The number of methoxy groups -OCH3 is 2. The van der Waals surface area contributed by atoms with Crippen LogP contribution in [-0.2, 0) is 11.0 Å². The molecule has 9 heteroatoms. The van der Waals surface area contributed by atoms with Crippen molar-refractivity contribution in [1.29, 1.82) is 5.26 Å². The number of ether oxygens (including phenoxy) is 2. The number of hydrogen-bond acceptors (Lipinski definition) is 5. The van der Waals surface area contributed by atoms with E-state index < -0.39 is 17.6 Å². The van der Waals surface area contributed by atoms with Crippen LogP contribution in [0.25, 0.3) is 0 Å². The smallest absolute Gasteiger partial charge is 0.416 e. The van der Waals surface area contributed by atoms with Gasteiger partial charge in [-0.25, -0.2) is 0 Å². The molecule has 2 N–H and O–H groups in total. The van der Waals surface area contributed by atoms with E-state index in [-0.39, 0.29) is 16.9 Å². The summed E-state index contributed by atoms with van der Waals surface area (Å²) in [5.41, 5.74) is -0.848. The van der Waals surface area contributed by atoms with Crippen molar-refractivity contribution < 1.29 is 27.4 Å². The third-order valence-electron chi connectivity index (χ3n) is 3.59. The summed E-state index contributed by atoms with van der Waals surface area (Å²) in [6.45, 7) is 0. The predicted molar refractivity (Wildman–Crippen MR) is 96.9 cm³/mol. The monoisotopic (exact) mass is 391 g/mol. The molecule has 0 radical (unpaired) electrons. The van der Waals surface area contributed by atoms with Gasteiger partial charge in [0.2, 0.25) is 0 Å². The van der Waals surface area contributed by atoms with Crippen LogP contribution in [0.1, 0.15) is 5.56 Å². The Morgan fingerprint density at radius 2 is 1.89 bits per heavy atom. The van der Waals surface area contributed by atoms with Crippen LogP contribution in [0.2, 0.25) is 0 Å². The van der Waals surface area contributed by atoms with Gasteiger partial charge in [-0.05, 0) is 30.3 Å². The maximum atomic E-state index is 12.8. The zero-order chi connectivity index (χ0) is 20.7. The molecule has 0 unspecified atom stereocenters. The summed E-state index contributed by atoms with van der Waals surface area (Å²) >= 11 is 0. The van der Waals surface area contributed by atoms with Crippen LogP contribution in [0.4, 0.5) is 24.5 Å². The molecule has 0 aromatic heterocycles. The minimum absolute atomic E-state index is 0.0781. The number of nitriles is 1. The van der Waals surface area contributed by atoms with Crippen molar-refractivity contribution in [1.82, 2.24) is 0 Å². The number of nitrogens with one attached hydrogen (secondary N) is 2. The third kappa shape index (κ3) is 5.17. The molecule has 0 spiro atoms. The first-order chi connectivity index (χ1) is 13.3. The molecule has 0 bridgehead atoms. The molecule has 6 nitrogen and oxygen atoms in total. The molecule has 146 valence electrons. The number of carbonyl (C=O) groups is 1.